The minimum absolute atomic E-state index is 0.627. The molecule has 162 valence electrons. The van der Waals surface area contributed by atoms with E-state index in [2.05, 4.69) is 27.3 Å². The summed E-state index contributed by atoms with van der Waals surface area (Å²) in [7, 11) is 1.70. The first-order chi connectivity index (χ1) is 15.1. The maximum atomic E-state index is 5.88. The number of nitrogens with zero attached hydrogens (tertiary/aromatic N) is 3. The Kier molecular flexibility index (Phi) is 6.58. The second-order valence-electron chi connectivity index (χ2n) is 7.34. The van der Waals surface area contributed by atoms with Gasteiger partial charge in [0.15, 0.2) is 5.16 Å². The standard InChI is InChI=1S/C23H26N4O3S/c1-14-20(24-9-8-21(14)29-11-5-10-28-4)13-31-23-25-18-7-6-17(12-19(18)26-23)22-15(2)27-30-16(22)3/h6-9,12H,5,10-11,13H2,1-4H3,(H,25,26). The molecule has 0 spiro atoms. The number of aryl methyl sites for hydroxylation is 2. The van der Waals surface area contributed by atoms with Crippen molar-refractivity contribution in [2.45, 2.75) is 38.1 Å². The van der Waals surface area contributed by atoms with Gasteiger partial charge in [0.1, 0.15) is 11.5 Å². The van der Waals surface area contributed by atoms with E-state index in [0.717, 1.165) is 62.2 Å². The molecule has 31 heavy (non-hydrogen) atoms. The first-order valence-corrected chi connectivity index (χ1v) is 11.2. The minimum Gasteiger partial charge on any atom is -0.493 e. The van der Waals surface area contributed by atoms with Crippen LogP contribution in [0, 0.1) is 20.8 Å². The van der Waals surface area contributed by atoms with Crippen molar-refractivity contribution >= 4 is 22.8 Å². The van der Waals surface area contributed by atoms with Gasteiger partial charge >= 0.3 is 0 Å². The molecule has 0 radical (unpaired) electrons. The van der Waals surface area contributed by atoms with Gasteiger partial charge in [0.2, 0.25) is 0 Å². The molecule has 0 saturated heterocycles. The molecule has 4 aromatic rings. The van der Waals surface area contributed by atoms with Crippen LogP contribution in [0.25, 0.3) is 22.2 Å². The molecule has 0 amide bonds. The van der Waals surface area contributed by atoms with E-state index in [9.17, 15) is 0 Å². The molecule has 0 saturated carbocycles. The summed E-state index contributed by atoms with van der Waals surface area (Å²) in [6.07, 6.45) is 2.65. The molecule has 1 N–H and O–H groups in total. The number of H-pyrrole nitrogens is 1. The predicted molar refractivity (Wildman–Crippen MR) is 122 cm³/mol. The number of benzene rings is 1. The van der Waals surface area contributed by atoms with Gasteiger partial charge in [-0.1, -0.05) is 23.0 Å². The van der Waals surface area contributed by atoms with Gasteiger partial charge in [0, 0.05) is 43.2 Å². The van der Waals surface area contributed by atoms with Crippen molar-refractivity contribution in [3.8, 4) is 16.9 Å². The van der Waals surface area contributed by atoms with E-state index in [1.165, 1.54) is 0 Å². The lowest BCUT2D eigenvalue weighted by atomic mass is 10.0. The van der Waals surface area contributed by atoms with Gasteiger partial charge < -0.3 is 19.0 Å². The normalized spacial score (nSPS) is 11.4. The largest absolute Gasteiger partial charge is 0.493 e. The van der Waals surface area contributed by atoms with Crippen LogP contribution in [-0.2, 0) is 10.5 Å². The fourth-order valence-electron chi connectivity index (χ4n) is 3.48. The fraction of sp³-hybridized carbons (Fsp3) is 0.348. The number of aromatic amines is 1. The van der Waals surface area contributed by atoms with Crippen LogP contribution in [0.5, 0.6) is 5.75 Å². The third-order valence-electron chi connectivity index (χ3n) is 5.14. The van der Waals surface area contributed by atoms with Crippen LogP contribution in [0.2, 0.25) is 0 Å². The number of pyridine rings is 1. The lowest BCUT2D eigenvalue weighted by Crippen LogP contribution is -2.04. The van der Waals surface area contributed by atoms with E-state index in [-0.39, 0.29) is 0 Å². The molecular weight excluding hydrogens is 412 g/mol. The lowest BCUT2D eigenvalue weighted by Gasteiger charge is -2.11. The summed E-state index contributed by atoms with van der Waals surface area (Å²) in [6.45, 7) is 7.24. The van der Waals surface area contributed by atoms with Crippen molar-refractivity contribution in [1.82, 2.24) is 20.1 Å². The molecule has 3 heterocycles. The lowest BCUT2D eigenvalue weighted by molar-refractivity contribution is 0.172. The van der Waals surface area contributed by atoms with Gasteiger partial charge in [-0.25, -0.2) is 4.98 Å². The minimum atomic E-state index is 0.627. The van der Waals surface area contributed by atoms with Gasteiger partial charge in [-0.05, 0) is 44.5 Å². The van der Waals surface area contributed by atoms with E-state index in [4.69, 9.17) is 19.0 Å². The molecule has 0 bridgehead atoms. The zero-order valence-corrected chi connectivity index (χ0v) is 19.0. The maximum absolute atomic E-state index is 5.88. The van der Waals surface area contributed by atoms with Crippen LogP contribution in [-0.4, -0.2) is 40.4 Å². The van der Waals surface area contributed by atoms with Gasteiger partial charge in [0.25, 0.3) is 0 Å². The molecule has 0 aliphatic rings. The van der Waals surface area contributed by atoms with E-state index >= 15 is 0 Å². The average molecular weight is 439 g/mol. The van der Waals surface area contributed by atoms with Gasteiger partial charge in [-0.15, -0.1) is 0 Å². The number of fused-ring (bicyclic) bond motifs is 1. The van der Waals surface area contributed by atoms with Crippen LogP contribution in [0.15, 0.2) is 40.1 Å². The smallest absolute Gasteiger partial charge is 0.166 e. The Hall–Kier alpha value is -2.84. The number of nitrogens with one attached hydrogen (secondary N) is 1. The Bertz CT molecular complexity index is 1170. The fourth-order valence-corrected chi connectivity index (χ4v) is 4.39. The Morgan fingerprint density at radius 2 is 2.00 bits per heavy atom. The third kappa shape index (κ3) is 4.75. The highest BCUT2D eigenvalue weighted by molar-refractivity contribution is 7.98. The number of hydrogen-bond donors (Lipinski definition) is 1. The second kappa shape index (κ2) is 9.53. The van der Waals surface area contributed by atoms with Crippen molar-refractivity contribution in [3.63, 3.8) is 0 Å². The third-order valence-corrected chi connectivity index (χ3v) is 6.02. The zero-order chi connectivity index (χ0) is 21.8. The monoisotopic (exact) mass is 438 g/mol. The van der Waals surface area contributed by atoms with Crippen molar-refractivity contribution in [2.75, 3.05) is 20.3 Å². The van der Waals surface area contributed by atoms with E-state index in [0.29, 0.717) is 19.0 Å². The van der Waals surface area contributed by atoms with Gasteiger partial charge in [-0.3, -0.25) is 4.98 Å². The molecule has 0 aliphatic carbocycles. The zero-order valence-electron chi connectivity index (χ0n) is 18.2. The first kappa shape index (κ1) is 21.4. The first-order valence-electron chi connectivity index (χ1n) is 10.2. The molecule has 1 aromatic carbocycles. The van der Waals surface area contributed by atoms with Crippen molar-refractivity contribution in [2.24, 2.45) is 0 Å². The summed E-state index contributed by atoms with van der Waals surface area (Å²) in [6, 6.07) is 8.09. The Morgan fingerprint density at radius 1 is 1.13 bits per heavy atom. The van der Waals surface area contributed by atoms with E-state index in [1.54, 1.807) is 25.1 Å². The molecule has 7 nitrogen and oxygen atoms in total. The topological polar surface area (TPSA) is 86.1 Å². The average Bonchev–Trinajstić information content (AvgIpc) is 3.32. The molecule has 8 heteroatoms. The summed E-state index contributed by atoms with van der Waals surface area (Å²) in [5.41, 5.74) is 6.94. The molecular formula is C23H26N4O3S. The molecule has 4 rings (SSSR count). The maximum Gasteiger partial charge on any atom is 0.166 e. The Labute approximate surface area is 185 Å². The molecule has 0 aliphatic heterocycles. The van der Waals surface area contributed by atoms with Crippen LogP contribution in [0.3, 0.4) is 0 Å². The number of methoxy groups -OCH3 is 1. The predicted octanol–water partition coefficient (Wildman–Crippen LogP) is 5.25. The van der Waals surface area contributed by atoms with E-state index < -0.39 is 0 Å². The van der Waals surface area contributed by atoms with E-state index in [1.807, 2.05) is 32.9 Å². The van der Waals surface area contributed by atoms with Crippen LogP contribution >= 0.6 is 11.8 Å². The van der Waals surface area contributed by atoms with Gasteiger partial charge in [-0.2, -0.15) is 0 Å². The highest BCUT2D eigenvalue weighted by atomic mass is 32.2. The van der Waals surface area contributed by atoms with Crippen molar-refractivity contribution in [3.05, 3.63) is 53.2 Å². The van der Waals surface area contributed by atoms with Crippen LogP contribution in [0.1, 0.15) is 29.1 Å². The Morgan fingerprint density at radius 3 is 2.77 bits per heavy atom. The summed E-state index contributed by atoms with van der Waals surface area (Å²) in [5, 5.41) is 4.91. The van der Waals surface area contributed by atoms with Crippen LogP contribution in [0.4, 0.5) is 0 Å². The van der Waals surface area contributed by atoms with Gasteiger partial charge in [0.05, 0.1) is 29.0 Å². The number of aromatic nitrogens is 4. The van der Waals surface area contributed by atoms with Crippen molar-refractivity contribution in [1.29, 1.82) is 0 Å². The molecule has 3 aromatic heterocycles. The number of hydrogen-bond acceptors (Lipinski definition) is 7. The highest BCUT2D eigenvalue weighted by Gasteiger charge is 2.14. The Balaban J connectivity index is 1.47. The number of rotatable bonds is 9. The summed E-state index contributed by atoms with van der Waals surface area (Å²) in [4.78, 5) is 12.7. The quantitative estimate of drug-likeness (QED) is 0.282. The second-order valence-corrected chi connectivity index (χ2v) is 8.30. The number of imidazole rings is 1. The van der Waals surface area contributed by atoms with Crippen molar-refractivity contribution < 1.29 is 14.0 Å². The number of thioether (sulfide) groups is 1. The molecule has 0 fully saturated rings. The molecule has 0 atom stereocenters. The SMILES string of the molecule is COCCCOc1ccnc(CSc2nc3cc(-c4c(C)noc4C)ccc3[nH]2)c1C. The number of ether oxygens (including phenoxy) is 2. The molecule has 0 unspecified atom stereocenters. The summed E-state index contributed by atoms with van der Waals surface area (Å²) >= 11 is 1.63. The summed E-state index contributed by atoms with van der Waals surface area (Å²) < 4.78 is 16.3. The van der Waals surface area contributed by atoms with Crippen LogP contribution < -0.4 is 4.74 Å². The summed E-state index contributed by atoms with van der Waals surface area (Å²) in [5.74, 6) is 2.39. The highest BCUT2D eigenvalue weighted by Crippen LogP contribution is 2.31.